The van der Waals surface area contributed by atoms with E-state index in [0.717, 1.165) is 49.5 Å². The maximum absolute atomic E-state index is 12.3. The first-order valence-electron chi connectivity index (χ1n) is 10.9. The number of aliphatic carboxylic acids is 1. The predicted molar refractivity (Wildman–Crippen MR) is 116 cm³/mol. The van der Waals surface area contributed by atoms with Crippen LogP contribution in [0.15, 0.2) is 18.2 Å². The quantitative estimate of drug-likeness (QED) is 0.652. The molecule has 1 aliphatic carbocycles. The number of carboxylic acid groups (broad SMARTS) is 1. The van der Waals surface area contributed by atoms with Crippen LogP contribution in [0.5, 0.6) is 0 Å². The average molecular weight is 491 g/mol. The minimum Gasteiger partial charge on any atom is -0.475 e. The van der Waals surface area contributed by atoms with E-state index in [-0.39, 0.29) is 23.4 Å². The van der Waals surface area contributed by atoms with Gasteiger partial charge in [0.1, 0.15) is 6.61 Å². The maximum atomic E-state index is 12.3. The molecule has 1 spiro atoms. The van der Waals surface area contributed by atoms with Gasteiger partial charge in [-0.1, -0.05) is 18.9 Å². The largest absolute Gasteiger partial charge is 0.490 e. The zero-order valence-corrected chi connectivity index (χ0v) is 19.3. The molecular weight excluding hydrogens is 461 g/mol. The van der Waals surface area contributed by atoms with Crippen LogP contribution in [-0.4, -0.2) is 75.4 Å². The minimum atomic E-state index is -5.08. The van der Waals surface area contributed by atoms with Gasteiger partial charge in [0.15, 0.2) is 0 Å². The number of hydrogen-bond donors (Lipinski definition) is 1. The molecule has 33 heavy (non-hydrogen) atoms. The van der Waals surface area contributed by atoms with Crippen LogP contribution in [0.3, 0.4) is 0 Å². The normalized spacial score (nSPS) is 22.1. The Morgan fingerprint density at radius 2 is 1.88 bits per heavy atom. The van der Waals surface area contributed by atoms with E-state index in [9.17, 15) is 18.0 Å². The van der Waals surface area contributed by atoms with Crippen LogP contribution in [0.1, 0.15) is 43.5 Å². The number of pyridine rings is 1. The van der Waals surface area contributed by atoms with Gasteiger partial charge in [-0.2, -0.15) is 13.2 Å². The van der Waals surface area contributed by atoms with E-state index in [1.54, 1.807) is 0 Å². The number of nitrogens with zero attached hydrogens (tertiary/aromatic N) is 2. The van der Waals surface area contributed by atoms with E-state index in [1.807, 2.05) is 41.8 Å². The van der Waals surface area contributed by atoms with Crippen molar-refractivity contribution in [3.63, 3.8) is 0 Å². The molecule has 7 nitrogen and oxygen atoms in total. The van der Waals surface area contributed by atoms with Crippen molar-refractivity contribution in [1.29, 1.82) is 0 Å². The maximum Gasteiger partial charge on any atom is 0.490 e. The number of carboxylic acids is 1. The van der Waals surface area contributed by atoms with Crippen molar-refractivity contribution >= 4 is 23.6 Å². The Morgan fingerprint density at radius 1 is 1.21 bits per heavy atom. The van der Waals surface area contributed by atoms with Crippen molar-refractivity contribution in [1.82, 2.24) is 9.88 Å². The lowest BCUT2D eigenvalue weighted by atomic mass is 9.93. The number of ether oxygens (including phenoxy) is 2. The molecule has 0 bridgehead atoms. The summed E-state index contributed by atoms with van der Waals surface area (Å²) in [6.45, 7) is 4.51. The van der Waals surface area contributed by atoms with E-state index in [4.69, 9.17) is 19.4 Å². The molecule has 11 heteroatoms. The molecule has 1 unspecified atom stereocenters. The van der Waals surface area contributed by atoms with Crippen molar-refractivity contribution < 1.29 is 37.3 Å². The highest BCUT2D eigenvalue weighted by Crippen LogP contribution is 2.46. The molecule has 1 amide bonds. The zero-order chi connectivity index (χ0) is 24.1. The molecule has 1 saturated carbocycles. The molecule has 1 N–H and O–H groups in total. The molecular formula is C22H29F3N2O5S. The number of alkyl halides is 3. The Labute approximate surface area is 195 Å². The number of hydrogen-bond acceptors (Lipinski definition) is 6. The number of aryl methyl sites for hydroxylation is 1. The molecule has 2 aliphatic heterocycles. The predicted octanol–water partition coefficient (Wildman–Crippen LogP) is 3.59. The van der Waals surface area contributed by atoms with Gasteiger partial charge < -0.3 is 19.5 Å². The summed E-state index contributed by atoms with van der Waals surface area (Å²) in [6, 6.07) is 6.04. The van der Waals surface area contributed by atoms with Crippen LogP contribution < -0.4 is 0 Å². The van der Waals surface area contributed by atoms with E-state index in [1.165, 1.54) is 12.8 Å². The molecule has 3 fully saturated rings. The van der Waals surface area contributed by atoms with E-state index in [2.05, 4.69) is 4.98 Å². The van der Waals surface area contributed by atoms with Gasteiger partial charge >= 0.3 is 12.1 Å². The van der Waals surface area contributed by atoms with Crippen LogP contribution in [0.25, 0.3) is 0 Å². The Bertz CT molecular complexity index is 826. The smallest absolute Gasteiger partial charge is 0.475 e. The third-order valence-corrected chi connectivity index (χ3v) is 7.46. The van der Waals surface area contributed by atoms with Gasteiger partial charge in [-0.3, -0.25) is 9.78 Å². The van der Waals surface area contributed by atoms with Gasteiger partial charge in [-0.15, -0.1) is 11.8 Å². The number of amides is 1. The van der Waals surface area contributed by atoms with E-state index < -0.39 is 12.1 Å². The summed E-state index contributed by atoms with van der Waals surface area (Å²) < 4.78 is 43.8. The fraction of sp³-hybridized carbons (Fsp3) is 0.682. The fourth-order valence-corrected chi connectivity index (χ4v) is 5.73. The topological polar surface area (TPSA) is 89.0 Å². The fourth-order valence-electron chi connectivity index (χ4n) is 4.17. The molecule has 3 aliphatic rings. The van der Waals surface area contributed by atoms with Crippen LogP contribution in [0.2, 0.25) is 0 Å². The summed E-state index contributed by atoms with van der Waals surface area (Å²) in [5.41, 5.74) is 2.02. The number of aromatic nitrogens is 1. The highest BCUT2D eigenvalue weighted by Gasteiger charge is 2.50. The van der Waals surface area contributed by atoms with Gasteiger partial charge in [-0.25, -0.2) is 4.79 Å². The second-order valence-corrected chi connectivity index (χ2v) is 10.2. The lowest BCUT2D eigenvalue weighted by molar-refractivity contribution is -0.192. The summed E-state index contributed by atoms with van der Waals surface area (Å²) >= 11 is 1.96. The van der Waals surface area contributed by atoms with E-state index in [0.29, 0.717) is 12.7 Å². The number of likely N-dealkylation sites (tertiary alicyclic amines) is 1. The van der Waals surface area contributed by atoms with Gasteiger partial charge in [-0.05, 0) is 38.3 Å². The molecule has 2 saturated heterocycles. The summed E-state index contributed by atoms with van der Waals surface area (Å²) in [5, 5.41) is 7.12. The lowest BCUT2D eigenvalue weighted by Crippen LogP contribution is -2.61. The summed E-state index contributed by atoms with van der Waals surface area (Å²) in [6.07, 6.45) is 1.21. The molecule has 184 valence electrons. The summed E-state index contributed by atoms with van der Waals surface area (Å²) in [5.74, 6) is -1.60. The highest BCUT2D eigenvalue weighted by molar-refractivity contribution is 8.01. The SMILES string of the molecule is Cc1cccc(COC2CSC3(C2)CN(C(=O)COC2CCCC2)C3)n1.O=C(O)C(F)(F)F. The van der Waals surface area contributed by atoms with Crippen molar-refractivity contribution in [3.8, 4) is 0 Å². The molecule has 0 radical (unpaired) electrons. The molecule has 1 aromatic rings. The van der Waals surface area contributed by atoms with Gasteiger partial charge in [0.05, 0.1) is 29.3 Å². The minimum absolute atomic E-state index is 0.149. The average Bonchev–Trinajstić information content (AvgIpc) is 3.39. The Morgan fingerprint density at radius 3 is 2.48 bits per heavy atom. The standard InChI is InChI=1S/C20H28N2O3S.C2HF3O2/c1-15-5-4-6-16(21-15)10-24-18-9-20(26-12-18)13-22(14-20)19(23)11-25-17-7-2-3-8-17;3-2(4,5)1(6)7/h4-6,17-18H,2-3,7-14H2,1H3;(H,6,7). The van der Waals surface area contributed by atoms with Crippen molar-refractivity contribution in [3.05, 3.63) is 29.6 Å². The summed E-state index contributed by atoms with van der Waals surface area (Å²) in [4.78, 5) is 27.6. The molecule has 1 atom stereocenters. The number of carbonyl (C=O) groups excluding carboxylic acids is 1. The first-order chi connectivity index (χ1) is 15.6. The monoisotopic (exact) mass is 490 g/mol. The third-order valence-electron chi connectivity index (χ3n) is 5.89. The van der Waals surface area contributed by atoms with Gasteiger partial charge in [0.2, 0.25) is 5.91 Å². The van der Waals surface area contributed by atoms with Crippen LogP contribution in [-0.2, 0) is 25.7 Å². The number of carbonyl (C=O) groups is 2. The Kier molecular flexibility index (Phi) is 8.63. The Hall–Kier alpha value is -1.85. The molecule has 4 rings (SSSR count). The van der Waals surface area contributed by atoms with Crippen LogP contribution in [0, 0.1) is 6.92 Å². The van der Waals surface area contributed by atoms with Gasteiger partial charge in [0, 0.05) is 24.5 Å². The lowest BCUT2D eigenvalue weighted by Gasteiger charge is -2.47. The van der Waals surface area contributed by atoms with Gasteiger partial charge in [0.25, 0.3) is 0 Å². The Balaban J connectivity index is 0.000000383. The highest BCUT2D eigenvalue weighted by atomic mass is 32.2. The molecule has 1 aromatic heterocycles. The molecule has 3 heterocycles. The second kappa shape index (κ2) is 11.1. The number of thioether (sulfide) groups is 1. The van der Waals surface area contributed by atoms with Crippen molar-refractivity contribution in [2.45, 2.75) is 68.8 Å². The number of rotatable bonds is 6. The van der Waals surface area contributed by atoms with Crippen molar-refractivity contribution in [2.24, 2.45) is 0 Å². The zero-order valence-electron chi connectivity index (χ0n) is 18.5. The first-order valence-corrected chi connectivity index (χ1v) is 11.9. The first kappa shape index (κ1) is 25.8. The van der Waals surface area contributed by atoms with E-state index >= 15 is 0 Å². The van der Waals surface area contributed by atoms with Crippen LogP contribution in [0.4, 0.5) is 13.2 Å². The second-order valence-electron chi connectivity index (χ2n) is 8.67. The molecule has 0 aromatic carbocycles. The van der Waals surface area contributed by atoms with Crippen molar-refractivity contribution in [2.75, 3.05) is 25.4 Å². The summed E-state index contributed by atoms with van der Waals surface area (Å²) in [7, 11) is 0. The van der Waals surface area contributed by atoms with Crippen LogP contribution >= 0.6 is 11.8 Å². The number of halogens is 3. The third kappa shape index (κ3) is 7.58.